The largest absolute Gasteiger partial charge is 0.444 e. The van der Waals surface area contributed by atoms with Crippen molar-refractivity contribution in [2.45, 2.75) is 38.8 Å². The molecule has 0 aromatic carbocycles. The van der Waals surface area contributed by atoms with Crippen LogP contribution in [0.1, 0.15) is 27.2 Å². The Morgan fingerprint density at radius 3 is 2.69 bits per heavy atom. The number of hydrogen-bond donors (Lipinski definition) is 1. The summed E-state index contributed by atoms with van der Waals surface area (Å²) in [6, 6.07) is 2.37. The van der Waals surface area contributed by atoms with Gasteiger partial charge in [-0.3, -0.25) is 0 Å². The third kappa shape index (κ3) is 4.07. The highest BCUT2D eigenvalue weighted by Crippen LogP contribution is 2.14. The predicted molar refractivity (Wildman–Crippen MR) is 59.8 cm³/mol. The fraction of sp³-hybridized carbons (Fsp3) is 0.818. The Bertz CT molecular complexity index is 285. The molecule has 1 heterocycles. The predicted octanol–water partition coefficient (Wildman–Crippen LogP) is 1.11. The number of rotatable bonds is 3. The van der Waals surface area contributed by atoms with Crippen molar-refractivity contribution in [3.05, 3.63) is 0 Å². The van der Waals surface area contributed by atoms with Crippen LogP contribution in [0.5, 0.6) is 0 Å². The first kappa shape index (κ1) is 12.8. The molecule has 0 unspecified atom stereocenters. The zero-order valence-electron chi connectivity index (χ0n) is 10.1. The van der Waals surface area contributed by atoms with Gasteiger partial charge in [0.2, 0.25) is 0 Å². The lowest BCUT2D eigenvalue weighted by Gasteiger charge is -2.40. The smallest absolute Gasteiger partial charge is 0.410 e. The summed E-state index contributed by atoms with van der Waals surface area (Å²) < 4.78 is 5.22. The lowest BCUT2D eigenvalue weighted by atomic mass is 10.1. The average Bonchev–Trinajstić information content (AvgIpc) is 2.05. The highest BCUT2D eigenvalue weighted by molar-refractivity contribution is 5.69. The van der Waals surface area contributed by atoms with Crippen LogP contribution in [0.3, 0.4) is 0 Å². The summed E-state index contributed by atoms with van der Waals surface area (Å²) in [5.74, 6) is 0. The van der Waals surface area contributed by atoms with E-state index in [1.54, 1.807) is 4.90 Å². The van der Waals surface area contributed by atoms with Gasteiger partial charge in [0, 0.05) is 32.1 Å². The summed E-state index contributed by atoms with van der Waals surface area (Å²) in [5, 5.41) is 11.6. The molecule has 5 nitrogen and oxygen atoms in total. The van der Waals surface area contributed by atoms with Crippen LogP contribution in [0, 0.1) is 11.3 Å². The van der Waals surface area contributed by atoms with E-state index < -0.39 is 5.60 Å². The molecule has 5 heteroatoms. The molecule has 1 rings (SSSR count). The lowest BCUT2D eigenvalue weighted by Crippen LogP contribution is -2.60. The van der Waals surface area contributed by atoms with E-state index in [-0.39, 0.29) is 6.09 Å². The molecule has 0 aromatic rings. The number of ether oxygens (including phenoxy) is 1. The van der Waals surface area contributed by atoms with Crippen LogP contribution in [0.4, 0.5) is 4.79 Å². The van der Waals surface area contributed by atoms with Gasteiger partial charge in [-0.05, 0) is 20.8 Å². The minimum Gasteiger partial charge on any atom is -0.444 e. The number of nitrogens with zero attached hydrogens (tertiary/aromatic N) is 2. The SMILES string of the molecule is CC(C)(C)OC(=O)N1CC(NCCC#N)C1. The van der Waals surface area contributed by atoms with Gasteiger partial charge >= 0.3 is 6.09 Å². The molecule has 90 valence electrons. The van der Waals surface area contributed by atoms with Crippen LogP contribution < -0.4 is 5.32 Å². The van der Waals surface area contributed by atoms with Gasteiger partial charge in [-0.15, -0.1) is 0 Å². The maximum absolute atomic E-state index is 11.5. The van der Waals surface area contributed by atoms with Gasteiger partial charge in [0.05, 0.1) is 6.07 Å². The van der Waals surface area contributed by atoms with Gasteiger partial charge in [-0.2, -0.15) is 5.26 Å². The van der Waals surface area contributed by atoms with E-state index in [0.29, 0.717) is 32.1 Å². The molecule has 1 aliphatic heterocycles. The first-order valence-corrected chi connectivity index (χ1v) is 5.50. The van der Waals surface area contributed by atoms with Crippen LogP contribution in [0.25, 0.3) is 0 Å². The molecule has 1 amide bonds. The normalized spacial score (nSPS) is 16.5. The van der Waals surface area contributed by atoms with Crippen molar-refractivity contribution < 1.29 is 9.53 Å². The van der Waals surface area contributed by atoms with Gasteiger partial charge in [-0.25, -0.2) is 4.79 Å². The van der Waals surface area contributed by atoms with E-state index in [1.165, 1.54) is 0 Å². The Morgan fingerprint density at radius 1 is 1.56 bits per heavy atom. The minimum absolute atomic E-state index is 0.258. The van der Waals surface area contributed by atoms with Crippen molar-refractivity contribution >= 4 is 6.09 Å². The van der Waals surface area contributed by atoms with Crippen LogP contribution >= 0.6 is 0 Å². The maximum Gasteiger partial charge on any atom is 0.410 e. The quantitative estimate of drug-likeness (QED) is 0.731. The second kappa shape index (κ2) is 5.17. The van der Waals surface area contributed by atoms with Crippen LogP contribution in [-0.4, -0.2) is 42.3 Å². The van der Waals surface area contributed by atoms with Crippen molar-refractivity contribution in [1.82, 2.24) is 10.2 Å². The van der Waals surface area contributed by atoms with Crippen molar-refractivity contribution in [3.8, 4) is 6.07 Å². The van der Waals surface area contributed by atoms with Crippen LogP contribution in [-0.2, 0) is 4.74 Å². The Hall–Kier alpha value is -1.28. The number of hydrogen-bond acceptors (Lipinski definition) is 4. The fourth-order valence-electron chi connectivity index (χ4n) is 1.42. The van der Waals surface area contributed by atoms with E-state index in [9.17, 15) is 4.79 Å². The third-order valence-electron chi connectivity index (χ3n) is 2.20. The molecule has 1 N–H and O–H groups in total. The summed E-state index contributed by atoms with van der Waals surface area (Å²) in [7, 11) is 0. The molecule has 1 fully saturated rings. The molecule has 16 heavy (non-hydrogen) atoms. The monoisotopic (exact) mass is 225 g/mol. The second-order valence-electron chi connectivity index (χ2n) is 4.94. The van der Waals surface area contributed by atoms with Crippen molar-refractivity contribution in [3.63, 3.8) is 0 Å². The topological polar surface area (TPSA) is 65.4 Å². The maximum atomic E-state index is 11.5. The number of amides is 1. The van der Waals surface area contributed by atoms with E-state index in [4.69, 9.17) is 10.00 Å². The van der Waals surface area contributed by atoms with E-state index >= 15 is 0 Å². The molecule has 0 spiro atoms. The van der Waals surface area contributed by atoms with Gasteiger partial charge in [0.15, 0.2) is 0 Å². The zero-order valence-corrected chi connectivity index (χ0v) is 10.1. The Balaban J connectivity index is 2.16. The first-order valence-electron chi connectivity index (χ1n) is 5.50. The minimum atomic E-state index is -0.434. The summed E-state index contributed by atoms with van der Waals surface area (Å²) in [4.78, 5) is 13.2. The Kier molecular flexibility index (Phi) is 4.13. The van der Waals surface area contributed by atoms with E-state index in [1.807, 2.05) is 20.8 Å². The van der Waals surface area contributed by atoms with Gasteiger partial charge in [0.1, 0.15) is 5.60 Å². The standard InChI is InChI=1S/C11H19N3O2/c1-11(2,3)16-10(15)14-7-9(8-14)13-6-4-5-12/h9,13H,4,6-8H2,1-3H3. The highest BCUT2D eigenvalue weighted by atomic mass is 16.6. The second-order valence-corrected chi connectivity index (χ2v) is 4.94. The number of nitrogens with one attached hydrogen (secondary N) is 1. The zero-order chi connectivity index (χ0) is 12.2. The summed E-state index contributed by atoms with van der Waals surface area (Å²) in [6.07, 6.45) is 0.244. The number of carbonyl (C=O) groups excluding carboxylic acids is 1. The molecule has 1 aliphatic rings. The fourth-order valence-corrected chi connectivity index (χ4v) is 1.42. The lowest BCUT2D eigenvalue weighted by molar-refractivity contribution is 0.00545. The molecular weight excluding hydrogens is 206 g/mol. The molecule has 0 aromatic heterocycles. The summed E-state index contributed by atoms with van der Waals surface area (Å²) >= 11 is 0. The molecule has 0 bridgehead atoms. The summed E-state index contributed by atoms with van der Waals surface area (Å²) in [6.45, 7) is 7.58. The Labute approximate surface area is 96.4 Å². The number of nitriles is 1. The van der Waals surface area contributed by atoms with Gasteiger partial charge < -0.3 is 15.0 Å². The van der Waals surface area contributed by atoms with E-state index in [2.05, 4.69) is 11.4 Å². The highest BCUT2D eigenvalue weighted by Gasteiger charge is 2.32. The third-order valence-corrected chi connectivity index (χ3v) is 2.20. The molecule has 0 radical (unpaired) electrons. The molecule has 0 atom stereocenters. The molecule has 0 saturated carbocycles. The Morgan fingerprint density at radius 2 is 2.19 bits per heavy atom. The molecule has 0 aliphatic carbocycles. The molecular formula is C11H19N3O2. The van der Waals surface area contributed by atoms with Crippen LogP contribution in [0.15, 0.2) is 0 Å². The summed E-state index contributed by atoms with van der Waals surface area (Å²) in [5.41, 5.74) is -0.434. The van der Waals surface area contributed by atoms with Crippen molar-refractivity contribution in [2.75, 3.05) is 19.6 Å². The van der Waals surface area contributed by atoms with Crippen molar-refractivity contribution in [1.29, 1.82) is 5.26 Å². The van der Waals surface area contributed by atoms with Gasteiger partial charge in [0.25, 0.3) is 0 Å². The number of carbonyl (C=O) groups is 1. The van der Waals surface area contributed by atoms with Gasteiger partial charge in [-0.1, -0.05) is 0 Å². The molecule has 1 saturated heterocycles. The first-order chi connectivity index (χ1) is 7.42. The van der Waals surface area contributed by atoms with E-state index in [0.717, 1.165) is 0 Å². The number of likely N-dealkylation sites (tertiary alicyclic amines) is 1. The van der Waals surface area contributed by atoms with Crippen LogP contribution in [0.2, 0.25) is 0 Å². The van der Waals surface area contributed by atoms with Crippen molar-refractivity contribution in [2.24, 2.45) is 0 Å². The average molecular weight is 225 g/mol.